The van der Waals surface area contributed by atoms with E-state index in [2.05, 4.69) is 0 Å². The molecule has 0 atom stereocenters. The van der Waals surface area contributed by atoms with Gasteiger partial charge in [-0.25, -0.2) is 9.59 Å². The summed E-state index contributed by atoms with van der Waals surface area (Å²) in [6, 6.07) is 6.85. The van der Waals surface area contributed by atoms with E-state index in [1.807, 2.05) is 0 Å². The molecule has 0 radical (unpaired) electrons. The van der Waals surface area contributed by atoms with Crippen molar-refractivity contribution >= 4 is 33.4 Å². The molecule has 8 nitrogen and oxygen atoms in total. The van der Waals surface area contributed by atoms with Crippen molar-refractivity contribution in [2.75, 3.05) is 27.4 Å². The highest BCUT2D eigenvalue weighted by molar-refractivity contribution is 7.17. The zero-order valence-corrected chi connectivity index (χ0v) is 18.1. The van der Waals surface area contributed by atoms with E-state index >= 15 is 0 Å². The van der Waals surface area contributed by atoms with Crippen molar-refractivity contribution in [3.8, 4) is 28.4 Å². The molecule has 0 saturated carbocycles. The molecule has 0 amide bonds. The molecule has 31 heavy (non-hydrogen) atoms. The lowest BCUT2D eigenvalue weighted by Crippen LogP contribution is -2.16. The summed E-state index contributed by atoms with van der Waals surface area (Å²) < 4.78 is 21.8. The number of carbonyl (C=O) groups is 2. The summed E-state index contributed by atoms with van der Waals surface area (Å²) in [6.45, 7) is 0.878. The number of hydrogen-bond donors (Lipinski definition) is 2. The topological polar surface area (TPSA) is 112 Å². The standard InChI is InChI=1S/C22H22O8S/c1-4-29-17(24)11-30-20-13-7-8-31-21(13)18(19(22(25)26)14(20)10-23)12-5-6-15(27-2)16(9-12)28-3/h5-9,23H,4,10-11H2,1-3H3,(H,25,26). The van der Waals surface area contributed by atoms with Gasteiger partial charge in [0.05, 0.1) is 33.0 Å². The van der Waals surface area contributed by atoms with Crippen LogP contribution in [0.25, 0.3) is 21.2 Å². The minimum Gasteiger partial charge on any atom is -0.493 e. The second kappa shape index (κ2) is 9.67. The van der Waals surface area contributed by atoms with Gasteiger partial charge in [-0.2, -0.15) is 0 Å². The molecule has 1 heterocycles. The van der Waals surface area contributed by atoms with E-state index in [9.17, 15) is 19.8 Å². The summed E-state index contributed by atoms with van der Waals surface area (Å²) in [5, 5.41) is 22.5. The molecule has 3 aromatic rings. The lowest BCUT2D eigenvalue weighted by molar-refractivity contribution is -0.145. The molecule has 0 aliphatic heterocycles. The van der Waals surface area contributed by atoms with Gasteiger partial charge >= 0.3 is 11.9 Å². The predicted octanol–water partition coefficient (Wildman–Crippen LogP) is 3.72. The first kappa shape index (κ1) is 22.4. The Hall–Kier alpha value is -3.30. The van der Waals surface area contributed by atoms with Crippen LogP contribution in [0, 0.1) is 0 Å². The van der Waals surface area contributed by atoms with Gasteiger partial charge in [-0.1, -0.05) is 6.07 Å². The molecule has 0 aliphatic rings. The van der Waals surface area contributed by atoms with Crippen LogP contribution in [-0.4, -0.2) is 49.6 Å². The number of hydrogen-bond acceptors (Lipinski definition) is 8. The average Bonchev–Trinajstić information content (AvgIpc) is 3.25. The Bertz CT molecular complexity index is 1120. The Kier molecular flexibility index (Phi) is 6.98. The minimum absolute atomic E-state index is 0.0764. The van der Waals surface area contributed by atoms with Gasteiger partial charge in [-0.3, -0.25) is 0 Å². The fraction of sp³-hybridized carbons (Fsp3) is 0.273. The van der Waals surface area contributed by atoms with Gasteiger partial charge < -0.3 is 29.2 Å². The van der Waals surface area contributed by atoms with E-state index in [1.54, 1.807) is 36.6 Å². The Morgan fingerprint density at radius 1 is 1.10 bits per heavy atom. The zero-order chi connectivity index (χ0) is 22.5. The first-order chi connectivity index (χ1) is 15.0. The Labute approximate surface area is 182 Å². The molecular weight excluding hydrogens is 424 g/mol. The van der Waals surface area contributed by atoms with Crippen molar-refractivity contribution < 1.29 is 38.7 Å². The molecule has 1 aromatic heterocycles. The predicted molar refractivity (Wildman–Crippen MR) is 115 cm³/mol. The molecule has 0 bridgehead atoms. The Balaban J connectivity index is 2.27. The quantitative estimate of drug-likeness (QED) is 0.479. The molecule has 0 aliphatic carbocycles. The number of aromatic carboxylic acids is 1. The molecule has 164 valence electrons. The van der Waals surface area contributed by atoms with Crippen LogP contribution in [0.1, 0.15) is 22.8 Å². The first-order valence-corrected chi connectivity index (χ1v) is 10.3. The maximum absolute atomic E-state index is 12.3. The first-order valence-electron chi connectivity index (χ1n) is 9.37. The zero-order valence-electron chi connectivity index (χ0n) is 17.3. The summed E-state index contributed by atoms with van der Waals surface area (Å²) in [4.78, 5) is 24.1. The molecule has 2 N–H and O–H groups in total. The molecule has 0 saturated heterocycles. The SMILES string of the molecule is CCOC(=O)COc1c(CO)c(C(=O)O)c(-c2ccc(OC)c(OC)c2)c2sccc12. The highest BCUT2D eigenvalue weighted by Crippen LogP contribution is 2.45. The van der Waals surface area contributed by atoms with Crippen LogP contribution < -0.4 is 14.2 Å². The Morgan fingerprint density at radius 2 is 1.84 bits per heavy atom. The third-order valence-corrected chi connectivity index (χ3v) is 5.58. The number of fused-ring (bicyclic) bond motifs is 1. The minimum atomic E-state index is -1.23. The highest BCUT2D eigenvalue weighted by atomic mass is 32.1. The summed E-state index contributed by atoms with van der Waals surface area (Å²) >= 11 is 1.33. The number of thiophene rings is 1. The van der Waals surface area contributed by atoms with Crippen molar-refractivity contribution in [2.45, 2.75) is 13.5 Å². The van der Waals surface area contributed by atoms with Gasteiger partial charge in [0.2, 0.25) is 0 Å². The second-order valence-corrected chi connectivity index (χ2v) is 7.26. The van der Waals surface area contributed by atoms with Gasteiger partial charge in [0, 0.05) is 21.2 Å². The van der Waals surface area contributed by atoms with Crippen molar-refractivity contribution in [2.24, 2.45) is 0 Å². The fourth-order valence-electron chi connectivity index (χ4n) is 3.37. The average molecular weight is 446 g/mol. The molecular formula is C22H22O8S. The monoisotopic (exact) mass is 446 g/mol. The van der Waals surface area contributed by atoms with E-state index < -0.39 is 25.2 Å². The number of rotatable bonds is 9. The van der Waals surface area contributed by atoms with Crippen LogP contribution in [0.2, 0.25) is 0 Å². The highest BCUT2D eigenvalue weighted by Gasteiger charge is 2.27. The lowest BCUT2D eigenvalue weighted by Gasteiger charge is -2.18. The van der Waals surface area contributed by atoms with E-state index in [0.717, 1.165) is 0 Å². The molecule has 2 aromatic carbocycles. The van der Waals surface area contributed by atoms with Crippen LogP contribution >= 0.6 is 11.3 Å². The second-order valence-electron chi connectivity index (χ2n) is 6.35. The third kappa shape index (κ3) is 4.28. The molecule has 0 spiro atoms. The van der Waals surface area contributed by atoms with Crippen molar-refractivity contribution in [1.82, 2.24) is 0 Å². The maximum Gasteiger partial charge on any atom is 0.344 e. The third-order valence-electron chi connectivity index (χ3n) is 4.65. The van der Waals surface area contributed by atoms with E-state index in [1.165, 1.54) is 25.6 Å². The van der Waals surface area contributed by atoms with Gasteiger partial charge in [0.1, 0.15) is 5.75 Å². The number of aliphatic hydroxyl groups is 1. The maximum atomic E-state index is 12.3. The number of esters is 1. The summed E-state index contributed by atoms with van der Waals surface area (Å²) in [5.74, 6) is -0.731. The summed E-state index contributed by atoms with van der Waals surface area (Å²) in [5.41, 5.74) is 0.969. The molecule has 0 fully saturated rings. The van der Waals surface area contributed by atoms with Crippen LogP contribution in [0.15, 0.2) is 29.6 Å². The number of carboxylic acid groups (broad SMARTS) is 1. The normalized spacial score (nSPS) is 10.7. The summed E-state index contributed by atoms with van der Waals surface area (Å²) in [7, 11) is 3.00. The van der Waals surface area contributed by atoms with Gasteiger partial charge in [-0.05, 0) is 36.1 Å². The molecule has 9 heteroatoms. The summed E-state index contributed by atoms with van der Waals surface area (Å²) in [6.07, 6.45) is 0. The molecule has 3 rings (SSSR count). The smallest absolute Gasteiger partial charge is 0.344 e. The van der Waals surface area contributed by atoms with Gasteiger partial charge in [0.25, 0.3) is 0 Å². The number of ether oxygens (including phenoxy) is 4. The van der Waals surface area contributed by atoms with Gasteiger partial charge in [0.15, 0.2) is 18.1 Å². The van der Waals surface area contributed by atoms with Gasteiger partial charge in [-0.15, -0.1) is 11.3 Å². The number of methoxy groups -OCH3 is 2. The van der Waals surface area contributed by atoms with Crippen LogP contribution in [-0.2, 0) is 16.1 Å². The van der Waals surface area contributed by atoms with Crippen molar-refractivity contribution in [1.29, 1.82) is 0 Å². The van der Waals surface area contributed by atoms with Crippen molar-refractivity contribution in [3.63, 3.8) is 0 Å². The largest absolute Gasteiger partial charge is 0.493 e. The number of benzene rings is 2. The number of aliphatic hydroxyl groups excluding tert-OH is 1. The number of carbonyl (C=O) groups excluding carboxylic acids is 1. The number of carboxylic acids is 1. The fourth-order valence-corrected chi connectivity index (χ4v) is 4.34. The van der Waals surface area contributed by atoms with E-state index in [-0.39, 0.29) is 23.5 Å². The van der Waals surface area contributed by atoms with Crippen LogP contribution in [0.5, 0.6) is 17.2 Å². The van der Waals surface area contributed by atoms with E-state index in [0.29, 0.717) is 32.7 Å². The van der Waals surface area contributed by atoms with Crippen LogP contribution in [0.4, 0.5) is 0 Å². The molecule has 0 unspecified atom stereocenters. The lowest BCUT2D eigenvalue weighted by atomic mass is 9.92. The van der Waals surface area contributed by atoms with Crippen molar-refractivity contribution in [3.05, 3.63) is 40.8 Å². The van der Waals surface area contributed by atoms with E-state index in [4.69, 9.17) is 18.9 Å². The Morgan fingerprint density at radius 3 is 2.45 bits per heavy atom. The van der Waals surface area contributed by atoms with Crippen LogP contribution in [0.3, 0.4) is 0 Å².